The molecule has 0 bridgehead atoms. The van der Waals surface area contributed by atoms with Crippen LogP contribution in [0.2, 0.25) is 0 Å². The number of benzene rings is 3. The Hall–Kier alpha value is -3.95. The molecule has 1 atom stereocenters. The molecule has 0 aliphatic carbocycles. The Bertz CT molecular complexity index is 1360. The molecule has 2 saturated heterocycles. The summed E-state index contributed by atoms with van der Waals surface area (Å²) in [7, 11) is 0. The molecule has 2 aliphatic heterocycles. The quantitative estimate of drug-likeness (QED) is 0.320. The second-order valence-corrected chi connectivity index (χ2v) is 11.1. The molecule has 0 saturated carbocycles. The van der Waals surface area contributed by atoms with Gasteiger partial charge in [-0.3, -0.25) is 19.4 Å². The Morgan fingerprint density at radius 3 is 2.26 bits per heavy atom. The number of para-hydroxylation sites is 1. The van der Waals surface area contributed by atoms with Crippen molar-refractivity contribution in [2.45, 2.75) is 32.7 Å². The molecule has 42 heavy (non-hydrogen) atoms. The highest BCUT2D eigenvalue weighted by molar-refractivity contribution is 7.80. The first-order chi connectivity index (χ1) is 20.4. The summed E-state index contributed by atoms with van der Waals surface area (Å²) >= 11 is 5.86. The Labute approximate surface area is 253 Å². The molecule has 2 aliphatic rings. The van der Waals surface area contributed by atoms with Gasteiger partial charge in [0.05, 0.1) is 18.7 Å². The maximum Gasteiger partial charge on any atom is 0.256 e. The minimum absolute atomic E-state index is 0.0182. The van der Waals surface area contributed by atoms with Crippen LogP contribution in [0, 0.1) is 6.92 Å². The van der Waals surface area contributed by atoms with Gasteiger partial charge in [0.15, 0.2) is 5.11 Å². The highest BCUT2D eigenvalue weighted by Crippen LogP contribution is 2.28. The summed E-state index contributed by atoms with van der Waals surface area (Å²) in [4.78, 5) is 35.3. The average molecular weight is 586 g/mol. The van der Waals surface area contributed by atoms with Crippen LogP contribution < -0.4 is 19.9 Å². The van der Waals surface area contributed by atoms with Crippen molar-refractivity contribution in [3.8, 4) is 5.75 Å². The number of piperazine rings is 1. The van der Waals surface area contributed by atoms with Crippen molar-refractivity contribution in [1.29, 1.82) is 0 Å². The number of nitrogens with one attached hydrogen (secondary N) is 1. The Kier molecular flexibility index (Phi) is 9.71. The van der Waals surface area contributed by atoms with Crippen LogP contribution in [0.15, 0.2) is 78.9 Å². The van der Waals surface area contributed by atoms with Gasteiger partial charge in [0, 0.05) is 44.1 Å². The Morgan fingerprint density at radius 2 is 1.60 bits per heavy atom. The number of amides is 2. The fourth-order valence-electron chi connectivity index (χ4n) is 5.54. The fourth-order valence-corrected chi connectivity index (χ4v) is 5.95. The van der Waals surface area contributed by atoms with E-state index in [4.69, 9.17) is 17.0 Å². The zero-order valence-corrected chi connectivity index (χ0v) is 25.2. The number of rotatable bonds is 11. The van der Waals surface area contributed by atoms with E-state index in [-0.39, 0.29) is 18.2 Å². The van der Waals surface area contributed by atoms with Crippen LogP contribution in [0.3, 0.4) is 0 Å². The monoisotopic (exact) mass is 585 g/mol. The summed E-state index contributed by atoms with van der Waals surface area (Å²) < 4.78 is 5.49. The smallest absolute Gasteiger partial charge is 0.256 e. The lowest BCUT2D eigenvalue weighted by Gasteiger charge is -2.36. The number of nitrogens with zero attached hydrogens (tertiary/aromatic N) is 4. The maximum absolute atomic E-state index is 13.7. The Balaban J connectivity index is 1.22. The lowest BCUT2D eigenvalue weighted by atomic mass is 10.1. The zero-order valence-electron chi connectivity index (χ0n) is 24.4. The molecule has 3 aromatic rings. The molecular formula is C33H39N5O3S. The lowest BCUT2D eigenvalue weighted by molar-refractivity contribution is -0.124. The molecule has 0 unspecified atom stereocenters. The number of thiocarbonyl (C=S) groups is 1. The van der Waals surface area contributed by atoms with Crippen LogP contribution in [0.25, 0.3) is 0 Å². The van der Waals surface area contributed by atoms with Gasteiger partial charge in [-0.1, -0.05) is 35.9 Å². The van der Waals surface area contributed by atoms with Crippen LogP contribution >= 0.6 is 12.2 Å². The molecule has 0 spiro atoms. The summed E-state index contributed by atoms with van der Waals surface area (Å²) in [6, 6.07) is 24.9. The molecule has 9 heteroatoms. The van der Waals surface area contributed by atoms with Crippen LogP contribution in [-0.4, -0.2) is 78.6 Å². The predicted octanol–water partition coefficient (Wildman–Crippen LogP) is 4.94. The topological polar surface area (TPSA) is 68.4 Å². The lowest BCUT2D eigenvalue weighted by Crippen LogP contribution is -2.47. The van der Waals surface area contributed by atoms with Gasteiger partial charge >= 0.3 is 0 Å². The SMILES string of the molecule is CCOc1ccc(NC(=O)C[C@H]2C(=O)N(c3ccc(C)cc3)C(=S)N2CCCN2CCN(c3ccccc3)CC2)cc1. The van der Waals surface area contributed by atoms with E-state index in [1.54, 1.807) is 17.0 Å². The van der Waals surface area contributed by atoms with Crippen molar-refractivity contribution in [1.82, 2.24) is 9.80 Å². The minimum Gasteiger partial charge on any atom is -0.494 e. The van der Waals surface area contributed by atoms with Gasteiger partial charge in [-0.2, -0.15) is 0 Å². The fraction of sp³-hybridized carbons (Fsp3) is 0.364. The van der Waals surface area contributed by atoms with E-state index in [0.717, 1.165) is 56.1 Å². The molecule has 2 fully saturated rings. The third-order valence-corrected chi connectivity index (χ3v) is 8.22. The third kappa shape index (κ3) is 7.09. The van der Waals surface area contributed by atoms with Gasteiger partial charge in [0.2, 0.25) is 5.91 Å². The van der Waals surface area contributed by atoms with E-state index < -0.39 is 6.04 Å². The molecular weight excluding hydrogens is 546 g/mol. The van der Waals surface area contributed by atoms with Crippen molar-refractivity contribution in [3.63, 3.8) is 0 Å². The molecule has 3 aromatic carbocycles. The second-order valence-electron chi connectivity index (χ2n) is 10.7. The standard InChI is InChI=1S/C33H39N5O3S/c1-3-41-29-16-12-26(13-17-29)34-31(39)24-30-32(40)38(28-14-10-25(2)11-15-28)33(42)37(30)19-7-18-35-20-22-36(23-21-35)27-8-5-4-6-9-27/h4-6,8-17,30H,3,7,18-24H2,1-2H3,(H,34,39)/t30-/m0/s1. The summed E-state index contributed by atoms with van der Waals surface area (Å²) in [5, 5.41) is 3.39. The number of hydrogen-bond acceptors (Lipinski definition) is 6. The van der Waals surface area contributed by atoms with E-state index in [2.05, 4.69) is 39.4 Å². The van der Waals surface area contributed by atoms with Crippen molar-refractivity contribution in [2.24, 2.45) is 0 Å². The van der Waals surface area contributed by atoms with E-state index in [1.165, 1.54) is 5.69 Å². The average Bonchev–Trinajstić information content (AvgIpc) is 3.23. The van der Waals surface area contributed by atoms with Crippen LogP contribution in [-0.2, 0) is 9.59 Å². The highest BCUT2D eigenvalue weighted by atomic mass is 32.1. The van der Waals surface area contributed by atoms with E-state index >= 15 is 0 Å². The van der Waals surface area contributed by atoms with Gasteiger partial charge < -0.3 is 19.9 Å². The van der Waals surface area contributed by atoms with Crippen molar-refractivity contribution < 1.29 is 14.3 Å². The first kappa shape index (κ1) is 29.5. The van der Waals surface area contributed by atoms with Crippen LogP contribution in [0.1, 0.15) is 25.3 Å². The molecule has 8 nitrogen and oxygen atoms in total. The van der Waals surface area contributed by atoms with Gasteiger partial charge in [0.1, 0.15) is 11.8 Å². The van der Waals surface area contributed by atoms with E-state index in [1.807, 2.05) is 61.2 Å². The number of anilines is 3. The first-order valence-corrected chi connectivity index (χ1v) is 15.1. The van der Waals surface area contributed by atoms with Gasteiger partial charge in [-0.15, -0.1) is 0 Å². The molecule has 220 valence electrons. The predicted molar refractivity (Wildman–Crippen MR) is 172 cm³/mol. The summed E-state index contributed by atoms with van der Waals surface area (Å²) in [6.45, 7) is 9.97. The number of carbonyl (C=O) groups is 2. The number of aryl methyl sites for hydroxylation is 1. The molecule has 0 radical (unpaired) electrons. The Morgan fingerprint density at radius 1 is 0.905 bits per heavy atom. The second kappa shape index (κ2) is 13.8. The van der Waals surface area contributed by atoms with Crippen molar-refractivity contribution in [2.75, 3.05) is 61.0 Å². The first-order valence-electron chi connectivity index (χ1n) is 14.7. The number of hydrogen-bond donors (Lipinski definition) is 1. The number of carbonyl (C=O) groups excluding carboxylic acids is 2. The van der Waals surface area contributed by atoms with Crippen molar-refractivity contribution in [3.05, 3.63) is 84.4 Å². The molecule has 5 rings (SSSR count). The molecule has 0 aromatic heterocycles. The largest absolute Gasteiger partial charge is 0.494 e. The van der Waals surface area contributed by atoms with Crippen molar-refractivity contribution >= 4 is 46.2 Å². The van der Waals surface area contributed by atoms with Crippen LogP contribution in [0.5, 0.6) is 5.75 Å². The summed E-state index contributed by atoms with van der Waals surface area (Å²) in [6.07, 6.45) is 0.863. The van der Waals surface area contributed by atoms with Crippen LogP contribution in [0.4, 0.5) is 17.1 Å². The van der Waals surface area contributed by atoms with Gasteiger partial charge in [-0.05, 0) is 87.6 Å². The molecule has 2 heterocycles. The van der Waals surface area contributed by atoms with Gasteiger partial charge in [-0.25, -0.2) is 0 Å². The zero-order chi connectivity index (χ0) is 29.5. The normalized spacial score (nSPS) is 17.6. The highest BCUT2D eigenvalue weighted by Gasteiger charge is 2.43. The minimum atomic E-state index is -0.656. The summed E-state index contributed by atoms with van der Waals surface area (Å²) in [5.41, 5.74) is 3.76. The third-order valence-electron chi connectivity index (χ3n) is 7.81. The number of ether oxygens (including phenoxy) is 1. The van der Waals surface area contributed by atoms with E-state index in [9.17, 15) is 9.59 Å². The molecule has 2 amide bonds. The van der Waals surface area contributed by atoms with E-state index in [0.29, 0.717) is 24.0 Å². The van der Waals surface area contributed by atoms with Gasteiger partial charge in [0.25, 0.3) is 5.91 Å². The molecule has 1 N–H and O–H groups in total. The maximum atomic E-state index is 13.7. The summed E-state index contributed by atoms with van der Waals surface area (Å²) in [5.74, 6) is 0.350.